The summed E-state index contributed by atoms with van der Waals surface area (Å²) in [7, 11) is 0. The third kappa shape index (κ3) is 3.57. The maximum Gasteiger partial charge on any atom is 0.0991 e. The number of benzene rings is 1. The molecule has 2 nitrogen and oxygen atoms in total. The van der Waals surface area contributed by atoms with Crippen molar-refractivity contribution < 1.29 is 0 Å². The van der Waals surface area contributed by atoms with Gasteiger partial charge in [-0.15, -0.1) is 0 Å². The van der Waals surface area contributed by atoms with Crippen LogP contribution < -0.4 is 5.32 Å². The summed E-state index contributed by atoms with van der Waals surface area (Å²) in [6.45, 7) is 4.42. The van der Waals surface area contributed by atoms with E-state index < -0.39 is 0 Å². The van der Waals surface area contributed by atoms with Gasteiger partial charge < -0.3 is 5.32 Å². The third-order valence-corrected chi connectivity index (χ3v) is 3.43. The van der Waals surface area contributed by atoms with Gasteiger partial charge in [-0.25, -0.2) is 0 Å². The van der Waals surface area contributed by atoms with Gasteiger partial charge in [-0.2, -0.15) is 5.26 Å². The van der Waals surface area contributed by atoms with E-state index in [0.29, 0.717) is 12.1 Å². The minimum absolute atomic E-state index is 0.317. The Labute approximate surface area is 104 Å². The van der Waals surface area contributed by atoms with Gasteiger partial charge >= 0.3 is 0 Å². The molecule has 1 aromatic carbocycles. The van der Waals surface area contributed by atoms with E-state index in [9.17, 15) is 0 Å². The van der Waals surface area contributed by atoms with Crippen LogP contribution in [0.3, 0.4) is 0 Å². The van der Waals surface area contributed by atoms with Gasteiger partial charge in [0, 0.05) is 12.1 Å². The minimum Gasteiger partial charge on any atom is -0.308 e. The molecule has 0 aromatic heterocycles. The summed E-state index contributed by atoms with van der Waals surface area (Å²) in [5.41, 5.74) is 1.94. The van der Waals surface area contributed by atoms with Crippen LogP contribution in [-0.2, 0) is 0 Å². The third-order valence-electron chi connectivity index (χ3n) is 3.43. The summed E-state index contributed by atoms with van der Waals surface area (Å²) in [6.07, 6.45) is 4.09. The number of rotatable bonds is 5. The Morgan fingerprint density at radius 1 is 1.41 bits per heavy atom. The molecule has 1 N–H and O–H groups in total. The fraction of sp³-hybridized carbons (Fsp3) is 0.533. The first-order chi connectivity index (χ1) is 8.19. The molecule has 0 bridgehead atoms. The van der Waals surface area contributed by atoms with Crippen LogP contribution in [0, 0.1) is 17.2 Å². The summed E-state index contributed by atoms with van der Waals surface area (Å²) in [4.78, 5) is 0. The normalized spacial score (nSPS) is 18.4. The van der Waals surface area contributed by atoms with Crippen molar-refractivity contribution in [2.75, 3.05) is 0 Å². The van der Waals surface area contributed by atoms with Gasteiger partial charge in [-0.3, -0.25) is 0 Å². The van der Waals surface area contributed by atoms with E-state index >= 15 is 0 Å². The molecule has 0 amide bonds. The van der Waals surface area contributed by atoms with Crippen molar-refractivity contribution in [3.63, 3.8) is 0 Å². The molecule has 2 unspecified atom stereocenters. The second-order valence-corrected chi connectivity index (χ2v) is 5.21. The predicted molar refractivity (Wildman–Crippen MR) is 69.5 cm³/mol. The zero-order valence-electron chi connectivity index (χ0n) is 10.6. The second-order valence-electron chi connectivity index (χ2n) is 5.21. The van der Waals surface area contributed by atoms with Crippen LogP contribution in [0.15, 0.2) is 24.3 Å². The highest BCUT2D eigenvalue weighted by Gasteiger charge is 2.24. The van der Waals surface area contributed by atoms with E-state index in [0.717, 1.165) is 11.5 Å². The van der Waals surface area contributed by atoms with E-state index in [1.54, 1.807) is 0 Å². The molecule has 17 heavy (non-hydrogen) atoms. The minimum atomic E-state index is 0.317. The van der Waals surface area contributed by atoms with Crippen LogP contribution in [0.1, 0.15) is 50.3 Å². The van der Waals surface area contributed by atoms with Crippen molar-refractivity contribution in [2.45, 2.75) is 45.2 Å². The standard InChI is InChI=1S/C15H20N2/c1-11(8-13-6-7-13)17-12(2)15-5-3-4-14(9-15)10-16/h3-5,9,11-13,17H,6-8H2,1-2H3. The molecule has 1 aliphatic carbocycles. The second kappa shape index (κ2) is 5.33. The van der Waals surface area contributed by atoms with Crippen molar-refractivity contribution in [2.24, 2.45) is 5.92 Å². The van der Waals surface area contributed by atoms with Gasteiger partial charge in [0.05, 0.1) is 11.6 Å². The average molecular weight is 228 g/mol. The first kappa shape index (κ1) is 12.1. The highest BCUT2D eigenvalue weighted by atomic mass is 14.9. The smallest absolute Gasteiger partial charge is 0.0991 e. The van der Waals surface area contributed by atoms with Crippen molar-refractivity contribution in [1.82, 2.24) is 5.32 Å². The van der Waals surface area contributed by atoms with Crippen LogP contribution in [-0.4, -0.2) is 6.04 Å². The molecular formula is C15H20N2. The number of nitrogens with zero attached hydrogens (tertiary/aromatic N) is 1. The lowest BCUT2D eigenvalue weighted by atomic mass is 10.0. The van der Waals surface area contributed by atoms with Gasteiger partial charge in [0.15, 0.2) is 0 Å². The van der Waals surface area contributed by atoms with Crippen LogP contribution >= 0.6 is 0 Å². The Balaban J connectivity index is 1.93. The summed E-state index contributed by atoms with van der Waals surface area (Å²) in [5.74, 6) is 0.954. The van der Waals surface area contributed by atoms with Crippen molar-refractivity contribution >= 4 is 0 Å². The topological polar surface area (TPSA) is 35.8 Å². The van der Waals surface area contributed by atoms with Gasteiger partial charge in [-0.05, 0) is 43.9 Å². The molecule has 1 saturated carbocycles. The van der Waals surface area contributed by atoms with E-state index in [-0.39, 0.29) is 0 Å². The Morgan fingerprint density at radius 2 is 2.18 bits per heavy atom. The van der Waals surface area contributed by atoms with E-state index in [1.165, 1.54) is 24.8 Å². The number of hydrogen-bond donors (Lipinski definition) is 1. The summed E-state index contributed by atoms with van der Waals surface area (Å²) in [5, 5.41) is 12.5. The predicted octanol–water partition coefficient (Wildman–Crippen LogP) is 3.40. The van der Waals surface area contributed by atoms with Crippen LogP contribution in [0.25, 0.3) is 0 Å². The van der Waals surface area contributed by atoms with Gasteiger partial charge in [0.25, 0.3) is 0 Å². The fourth-order valence-corrected chi connectivity index (χ4v) is 2.32. The van der Waals surface area contributed by atoms with E-state index in [2.05, 4.69) is 31.3 Å². The molecule has 0 radical (unpaired) electrons. The molecule has 1 aliphatic rings. The molecule has 2 rings (SSSR count). The molecule has 0 spiro atoms. The number of hydrogen-bond acceptors (Lipinski definition) is 2. The SMILES string of the molecule is CC(CC1CC1)NC(C)c1cccc(C#N)c1. The molecule has 2 atom stereocenters. The Bertz CT molecular complexity index is 415. The monoisotopic (exact) mass is 228 g/mol. The van der Waals surface area contributed by atoms with E-state index in [1.807, 2.05) is 18.2 Å². The highest BCUT2D eigenvalue weighted by Crippen LogP contribution is 2.33. The van der Waals surface area contributed by atoms with Crippen LogP contribution in [0.5, 0.6) is 0 Å². The number of nitrogens with one attached hydrogen (secondary N) is 1. The van der Waals surface area contributed by atoms with Crippen molar-refractivity contribution in [3.8, 4) is 6.07 Å². The van der Waals surface area contributed by atoms with Gasteiger partial charge in [0.1, 0.15) is 0 Å². The quantitative estimate of drug-likeness (QED) is 0.838. The molecule has 0 saturated heterocycles. The maximum atomic E-state index is 8.88. The summed E-state index contributed by atoms with van der Waals surface area (Å²) in [6, 6.07) is 10.9. The van der Waals surface area contributed by atoms with E-state index in [4.69, 9.17) is 5.26 Å². The Morgan fingerprint density at radius 3 is 2.82 bits per heavy atom. The Hall–Kier alpha value is -1.33. The molecule has 0 aliphatic heterocycles. The Kier molecular flexibility index (Phi) is 3.81. The molecule has 1 fully saturated rings. The zero-order chi connectivity index (χ0) is 12.3. The molecular weight excluding hydrogens is 208 g/mol. The molecule has 2 heteroatoms. The first-order valence-electron chi connectivity index (χ1n) is 6.45. The van der Waals surface area contributed by atoms with Crippen molar-refractivity contribution in [1.29, 1.82) is 5.26 Å². The van der Waals surface area contributed by atoms with Crippen LogP contribution in [0.4, 0.5) is 0 Å². The lowest BCUT2D eigenvalue weighted by molar-refractivity contribution is 0.438. The summed E-state index contributed by atoms with van der Waals surface area (Å²) < 4.78 is 0. The lowest BCUT2D eigenvalue weighted by Gasteiger charge is -2.20. The molecule has 0 heterocycles. The molecule has 90 valence electrons. The first-order valence-corrected chi connectivity index (χ1v) is 6.45. The largest absolute Gasteiger partial charge is 0.308 e. The maximum absolute atomic E-state index is 8.88. The average Bonchev–Trinajstić information content (AvgIpc) is 3.12. The highest BCUT2D eigenvalue weighted by molar-refractivity contribution is 5.34. The fourth-order valence-electron chi connectivity index (χ4n) is 2.32. The zero-order valence-corrected chi connectivity index (χ0v) is 10.6. The molecule has 1 aromatic rings. The van der Waals surface area contributed by atoms with Gasteiger partial charge in [-0.1, -0.05) is 25.0 Å². The number of nitriles is 1. The lowest BCUT2D eigenvalue weighted by Crippen LogP contribution is -2.29. The summed E-state index contributed by atoms with van der Waals surface area (Å²) >= 11 is 0. The van der Waals surface area contributed by atoms with Crippen LogP contribution in [0.2, 0.25) is 0 Å². The van der Waals surface area contributed by atoms with Gasteiger partial charge in [0.2, 0.25) is 0 Å². The van der Waals surface area contributed by atoms with Crippen molar-refractivity contribution in [3.05, 3.63) is 35.4 Å².